The Morgan fingerprint density at radius 3 is 2.83 bits per heavy atom. The number of nitrogens with one attached hydrogen (secondary N) is 1. The van der Waals surface area contributed by atoms with Gasteiger partial charge in [0, 0.05) is 11.8 Å². The summed E-state index contributed by atoms with van der Waals surface area (Å²) in [6.07, 6.45) is 2.23. The molecule has 122 valence electrons. The van der Waals surface area contributed by atoms with E-state index in [1.807, 2.05) is 18.2 Å². The summed E-state index contributed by atoms with van der Waals surface area (Å²) < 4.78 is 5.10. The lowest BCUT2D eigenvalue weighted by Crippen LogP contribution is -2.28. The first-order chi connectivity index (χ1) is 11.6. The third-order valence-corrected chi connectivity index (χ3v) is 3.83. The number of nitrogens with zero attached hydrogens (tertiary/aromatic N) is 1. The van der Waals surface area contributed by atoms with Crippen LogP contribution in [0.2, 0.25) is 5.02 Å². The van der Waals surface area contributed by atoms with Gasteiger partial charge in [0.1, 0.15) is 11.9 Å². The van der Waals surface area contributed by atoms with Crippen LogP contribution < -0.4 is 5.32 Å². The molecule has 0 aliphatic rings. The van der Waals surface area contributed by atoms with Gasteiger partial charge in [0.05, 0.1) is 29.1 Å². The molecule has 3 rings (SSSR count). The number of aromatic nitrogens is 1. The van der Waals surface area contributed by atoms with Crippen molar-refractivity contribution in [1.82, 2.24) is 10.3 Å². The molecule has 6 heteroatoms. The number of pyridine rings is 1. The van der Waals surface area contributed by atoms with E-state index in [1.54, 1.807) is 36.5 Å². The fourth-order valence-corrected chi connectivity index (χ4v) is 2.46. The molecule has 3 aromatic rings. The zero-order valence-electron chi connectivity index (χ0n) is 12.6. The molecule has 0 saturated heterocycles. The highest BCUT2D eigenvalue weighted by molar-refractivity contribution is 6.34. The maximum Gasteiger partial charge on any atom is 0.252 e. The second kappa shape index (κ2) is 7.29. The highest BCUT2D eigenvalue weighted by atomic mass is 35.5. The highest BCUT2D eigenvalue weighted by Crippen LogP contribution is 2.24. The first-order valence-corrected chi connectivity index (χ1v) is 7.73. The summed E-state index contributed by atoms with van der Waals surface area (Å²) in [6.45, 7) is 0.0243. The van der Waals surface area contributed by atoms with Crippen molar-refractivity contribution in [1.29, 1.82) is 0 Å². The van der Waals surface area contributed by atoms with Crippen LogP contribution in [-0.2, 0) is 0 Å². The van der Waals surface area contributed by atoms with E-state index in [2.05, 4.69) is 10.3 Å². The Kier molecular flexibility index (Phi) is 4.93. The third kappa shape index (κ3) is 3.64. The van der Waals surface area contributed by atoms with Gasteiger partial charge in [-0.3, -0.25) is 9.78 Å². The molecule has 0 aliphatic carbocycles. The molecular formula is C18H15ClN2O3. The van der Waals surface area contributed by atoms with Gasteiger partial charge in [-0.1, -0.05) is 23.7 Å². The van der Waals surface area contributed by atoms with Crippen LogP contribution in [0.5, 0.6) is 0 Å². The summed E-state index contributed by atoms with van der Waals surface area (Å²) in [4.78, 5) is 16.6. The number of halogens is 1. The van der Waals surface area contributed by atoms with E-state index in [4.69, 9.17) is 16.0 Å². The summed E-state index contributed by atoms with van der Waals surface area (Å²) in [5, 5.41) is 12.9. The van der Waals surface area contributed by atoms with E-state index in [9.17, 15) is 9.90 Å². The van der Waals surface area contributed by atoms with Crippen LogP contribution in [-0.4, -0.2) is 22.5 Å². The molecule has 2 heterocycles. The number of hydrogen-bond acceptors (Lipinski definition) is 4. The predicted molar refractivity (Wildman–Crippen MR) is 90.7 cm³/mol. The molecule has 24 heavy (non-hydrogen) atoms. The Balaban J connectivity index is 1.75. The molecule has 2 aromatic heterocycles. The first kappa shape index (κ1) is 16.2. The van der Waals surface area contributed by atoms with Gasteiger partial charge in [-0.15, -0.1) is 0 Å². The smallest absolute Gasteiger partial charge is 0.252 e. The fraction of sp³-hybridized carbons (Fsp3) is 0.111. The monoisotopic (exact) mass is 342 g/mol. The van der Waals surface area contributed by atoms with E-state index >= 15 is 0 Å². The molecule has 0 radical (unpaired) electrons. The van der Waals surface area contributed by atoms with Crippen molar-refractivity contribution in [2.45, 2.75) is 6.10 Å². The third-order valence-electron chi connectivity index (χ3n) is 3.50. The lowest BCUT2D eigenvalue weighted by atomic mass is 10.1. The van der Waals surface area contributed by atoms with Gasteiger partial charge in [0.25, 0.3) is 5.91 Å². The number of furan rings is 1. The van der Waals surface area contributed by atoms with Crippen LogP contribution in [0, 0.1) is 0 Å². The van der Waals surface area contributed by atoms with Gasteiger partial charge in [-0.25, -0.2) is 0 Å². The number of aliphatic hydroxyl groups is 1. The minimum atomic E-state index is -0.915. The van der Waals surface area contributed by atoms with Crippen LogP contribution in [0.4, 0.5) is 0 Å². The number of carbonyl (C=O) groups excluding carboxylic acids is 1. The zero-order chi connectivity index (χ0) is 16.9. The van der Waals surface area contributed by atoms with E-state index in [1.165, 1.54) is 6.26 Å². The fourth-order valence-electron chi connectivity index (χ4n) is 2.26. The summed E-state index contributed by atoms with van der Waals surface area (Å²) in [5.74, 6) is 0.0204. The Morgan fingerprint density at radius 1 is 1.25 bits per heavy atom. The molecule has 1 atom stereocenters. The molecule has 0 aliphatic heterocycles. The van der Waals surface area contributed by atoms with Crippen LogP contribution in [0.1, 0.15) is 22.2 Å². The van der Waals surface area contributed by atoms with Crippen molar-refractivity contribution >= 4 is 17.5 Å². The second-order valence-electron chi connectivity index (χ2n) is 5.15. The van der Waals surface area contributed by atoms with Gasteiger partial charge in [-0.2, -0.15) is 0 Å². The van der Waals surface area contributed by atoms with Crippen LogP contribution in [0.25, 0.3) is 11.3 Å². The second-order valence-corrected chi connectivity index (χ2v) is 5.56. The number of aliphatic hydroxyl groups excluding tert-OH is 1. The highest BCUT2D eigenvalue weighted by Gasteiger charge is 2.16. The van der Waals surface area contributed by atoms with E-state index in [-0.39, 0.29) is 12.5 Å². The predicted octanol–water partition coefficient (Wildman–Crippen LogP) is 3.46. The van der Waals surface area contributed by atoms with Crippen molar-refractivity contribution in [3.63, 3.8) is 0 Å². The Morgan fingerprint density at radius 2 is 2.12 bits per heavy atom. The molecule has 5 nitrogen and oxygen atoms in total. The number of benzene rings is 1. The molecule has 0 fully saturated rings. The van der Waals surface area contributed by atoms with Crippen LogP contribution in [0.3, 0.4) is 0 Å². The lowest BCUT2D eigenvalue weighted by Gasteiger charge is -2.11. The zero-order valence-corrected chi connectivity index (χ0v) is 13.4. The van der Waals surface area contributed by atoms with Crippen molar-refractivity contribution in [3.8, 4) is 11.3 Å². The number of hydrogen-bond donors (Lipinski definition) is 2. The van der Waals surface area contributed by atoms with Crippen molar-refractivity contribution < 1.29 is 14.3 Å². The number of amides is 1. The molecule has 1 aromatic carbocycles. The largest absolute Gasteiger partial charge is 0.467 e. The normalized spacial score (nSPS) is 11.9. The summed E-state index contributed by atoms with van der Waals surface area (Å²) in [5.41, 5.74) is 1.86. The maximum atomic E-state index is 12.4. The topological polar surface area (TPSA) is 75.4 Å². The Bertz CT molecular complexity index is 820. The van der Waals surface area contributed by atoms with Gasteiger partial charge in [0.15, 0.2) is 0 Å². The summed E-state index contributed by atoms with van der Waals surface area (Å²) >= 11 is 6.13. The average molecular weight is 343 g/mol. The maximum absolute atomic E-state index is 12.4. The molecule has 2 N–H and O–H groups in total. The Labute approximate surface area is 143 Å². The van der Waals surface area contributed by atoms with E-state index < -0.39 is 6.10 Å². The van der Waals surface area contributed by atoms with Crippen molar-refractivity contribution in [2.75, 3.05) is 6.54 Å². The van der Waals surface area contributed by atoms with Crippen molar-refractivity contribution in [2.24, 2.45) is 0 Å². The van der Waals surface area contributed by atoms with Gasteiger partial charge < -0.3 is 14.8 Å². The van der Waals surface area contributed by atoms with Gasteiger partial charge in [0.2, 0.25) is 0 Å². The first-order valence-electron chi connectivity index (χ1n) is 7.36. The quantitative estimate of drug-likeness (QED) is 0.744. The number of carbonyl (C=O) groups is 1. The molecule has 0 bridgehead atoms. The standard InChI is InChI=1S/C18H15ClN2O3/c19-14-7-6-12(15-4-1-2-8-20-15)10-13(14)18(23)21-11-16(22)17-5-3-9-24-17/h1-10,16,22H,11H2,(H,21,23). The lowest BCUT2D eigenvalue weighted by molar-refractivity contribution is 0.0901. The molecule has 0 spiro atoms. The molecule has 1 amide bonds. The minimum Gasteiger partial charge on any atom is -0.467 e. The molecular weight excluding hydrogens is 328 g/mol. The van der Waals surface area contributed by atoms with E-state index in [0.29, 0.717) is 16.3 Å². The van der Waals surface area contributed by atoms with Crippen LogP contribution in [0.15, 0.2) is 65.4 Å². The summed E-state index contributed by atoms with van der Waals surface area (Å²) in [7, 11) is 0. The summed E-state index contributed by atoms with van der Waals surface area (Å²) in [6, 6.07) is 14.0. The molecule has 1 unspecified atom stereocenters. The average Bonchev–Trinajstić information content (AvgIpc) is 3.15. The van der Waals surface area contributed by atoms with Gasteiger partial charge in [-0.05, 0) is 36.4 Å². The van der Waals surface area contributed by atoms with Crippen molar-refractivity contribution in [3.05, 3.63) is 77.3 Å². The van der Waals surface area contributed by atoms with E-state index in [0.717, 1.165) is 11.3 Å². The van der Waals surface area contributed by atoms with Crippen LogP contribution >= 0.6 is 11.6 Å². The number of rotatable bonds is 5. The molecule has 0 saturated carbocycles. The van der Waals surface area contributed by atoms with Gasteiger partial charge >= 0.3 is 0 Å². The Hall–Kier alpha value is -2.63. The minimum absolute atomic E-state index is 0.0243. The SMILES string of the molecule is O=C(NCC(O)c1ccco1)c1cc(-c2ccccn2)ccc1Cl.